The number of piperazine rings is 1. The number of rotatable bonds is 8. The quantitative estimate of drug-likeness (QED) is 0.246. The lowest BCUT2D eigenvalue weighted by Crippen LogP contribution is -2.62. The van der Waals surface area contributed by atoms with Crippen molar-refractivity contribution in [2.45, 2.75) is 24.9 Å². The maximum absolute atomic E-state index is 12.8. The molecule has 1 aliphatic heterocycles. The van der Waals surface area contributed by atoms with Gasteiger partial charge in [0, 0.05) is 24.2 Å². The predicted octanol–water partition coefficient (Wildman–Crippen LogP) is 4.68. The van der Waals surface area contributed by atoms with E-state index in [0.29, 0.717) is 22.9 Å². The molecule has 0 unspecified atom stereocenters. The molecule has 0 saturated carbocycles. The van der Waals surface area contributed by atoms with Gasteiger partial charge in [-0.2, -0.15) is 0 Å². The Labute approximate surface area is 242 Å². The van der Waals surface area contributed by atoms with E-state index in [1.165, 1.54) is 0 Å². The first-order valence-electron chi connectivity index (χ1n) is 13.3. The molecule has 1 fully saturated rings. The van der Waals surface area contributed by atoms with E-state index in [9.17, 15) is 19.2 Å². The molecule has 0 aliphatic carbocycles. The number of anilines is 2. The molecule has 0 spiro atoms. The number of amides is 4. The first-order valence-corrected chi connectivity index (χ1v) is 13.3. The van der Waals surface area contributed by atoms with Crippen molar-refractivity contribution in [1.29, 1.82) is 0 Å². The lowest BCUT2D eigenvalue weighted by molar-refractivity contribution is -0.136. The van der Waals surface area contributed by atoms with Crippen LogP contribution in [-0.2, 0) is 22.4 Å². The fourth-order valence-electron chi connectivity index (χ4n) is 4.37. The van der Waals surface area contributed by atoms with Crippen molar-refractivity contribution >= 4 is 35.4 Å². The van der Waals surface area contributed by atoms with Gasteiger partial charge in [-0.3, -0.25) is 20.2 Å². The monoisotopic (exact) mass is 564 g/mol. The molecule has 1 heterocycles. The van der Waals surface area contributed by atoms with Crippen molar-refractivity contribution in [2.75, 3.05) is 10.6 Å². The molecule has 4 amide bonds. The van der Waals surface area contributed by atoms with Gasteiger partial charge in [0.1, 0.15) is 23.6 Å². The van der Waals surface area contributed by atoms with E-state index in [1.807, 2.05) is 12.1 Å². The molecule has 5 rings (SSSR count). The molecular weight excluding hydrogens is 536 g/mol. The molecule has 4 N–H and O–H groups in total. The molecule has 10 heteroatoms. The van der Waals surface area contributed by atoms with Crippen LogP contribution in [-0.4, -0.2) is 36.1 Å². The fourth-order valence-corrected chi connectivity index (χ4v) is 4.37. The molecule has 10 nitrogen and oxygen atoms in total. The van der Waals surface area contributed by atoms with Crippen LogP contribution in [0.3, 0.4) is 0 Å². The maximum atomic E-state index is 12.8. The average Bonchev–Trinajstić information content (AvgIpc) is 2.98. The first kappa shape index (κ1) is 27.9. The van der Waals surface area contributed by atoms with E-state index in [2.05, 4.69) is 21.3 Å². The van der Waals surface area contributed by atoms with Gasteiger partial charge in [-0.15, -0.1) is 0 Å². The minimum atomic E-state index is -0.735. The van der Waals surface area contributed by atoms with E-state index in [-0.39, 0.29) is 24.7 Å². The normalized spacial score (nSPS) is 16.0. The Morgan fingerprint density at radius 3 is 1.26 bits per heavy atom. The Hall–Kier alpha value is -5.64. The van der Waals surface area contributed by atoms with Gasteiger partial charge in [-0.05, 0) is 59.7 Å². The maximum Gasteiger partial charge on any atom is 0.417 e. The Balaban J connectivity index is 1.08. The topological polar surface area (TPSA) is 135 Å². The molecule has 1 aliphatic rings. The van der Waals surface area contributed by atoms with Gasteiger partial charge in [0.2, 0.25) is 11.8 Å². The minimum absolute atomic E-state index is 0.276. The van der Waals surface area contributed by atoms with E-state index in [1.54, 1.807) is 97.1 Å². The average molecular weight is 565 g/mol. The third-order valence-corrected chi connectivity index (χ3v) is 6.45. The Morgan fingerprint density at radius 1 is 0.548 bits per heavy atom. The summed E-state index contributed by atoms with van der Waals surface area (Å²) in [6.45, 7) is 0. The summed E-state index contributed by atoms with van der Waals surface area (Å²) in [6, 6.07) is 29.9. The second-order valence-electron chi connectivity index (χ2n) is 9.58. The van der Waals surface area contributed by atoms with E-state index >= 15 is 0 Å². The highest BCUT2D eigenvalue weighted by Gasteiger charge is 2.33. The van der Waals surface area contributed by atoms with Crippen LogP contribution >= 0.6 is 0 Å². The zero-order valence-electron chi connectivity index (χ0n) is 22.4. The number of hydrogen-bond acceptors (Lipinski definition) is 6. The Morgan fingerprint density at radius 2 is 0.905 bits per heavy atom. The van der Waals surface area contributed by atoms with Crippen LogP contribution in [0.1, 0.15) is 11.1 Å². The molecule has 0 radical (unpaired) electrons. The van der Waals surface area contributed by atoms with Gasteiger partial charge < -0.3 is 20.1 Å². The lowest BCUT2D eigenvalue weighted by atomic mass is 9.98. The van der Waals surface area contributed by atoms with Gasteiger partial charge in [0.15, 0.2) is 0 Å². The van der Waals surface area contributed by atoms with Gasteiger partial charge >= 0.3 is 12.2 Å². The highest BCUT2D eigenvalue weighted by molar-refractivity contribution is 5.97. The number of benzene rings is 4. The molecule has 4 aromatic rings. The molecule has 4 aromatic carbocycles. The van der Waals surface area contributed by atoms with Gasteiger partial charge in [0.05, 0.1) is 0 Å². The molecule has 212 valence electrons. The number of para-hydroxylation sites is 2. The molecule has 2 atom stereocenters. The van der Waals surface area contributed by atoms with Crippen LogP contribution in [0.4, 0.5) is 21.0 Å². The largest absolute Gasteiger partial charge is 0.417 e. The van der Waals surface area contributed by atoms with Gasteiger partial charge in [0.25, 0.3) is 0 Å². The molecule has 0 aromatic heterocycles. The summed E-state index contributed by atoms with van der Waals surface area (Å²) >= 11 is 0. The summed E-state index contributed by atoms with van der Waals surface area (Å²) in [6.07, 6.45) is -0.681. The van der Waals surface area contributed by atoms with Crippen LogP contribution in [0.25, 0.3) is 0 Å². The van der Waals surface area contributed by atoms with Crippen molar-refractivity contribution in [3.63, 3.8) is 0 Å². The fraction of sp³-hybridized carbons (Fsp3) is 0.125. The summed E-state index contributed by atoms with van der Waals surface area (Å²) in [5, 5.41) is 10.9. The summed E-state index contributed by atoms with van der Waals surface area (Å²) in [5.41, 5.74) is 2.81. The Kier molecular flexibility index (Phi) is 8.73. The highest BCUT2D eigenvalue weighted by Crippen LogP contribution is 2.18. The van der Waals surface area contributed by atoms with Crippen molar-refractivity contribution in [2.24, 2.45) is 0 Å². The van der Waals surface area contributed by atoms with Crippen LogP contribution in [0.15, 0.2) is 109 Å². The van der Waals surface area contributed by atoms with Gasteiger partial charge in [-0.1, -0.05) is 60.7 Å². The number of hydrogen-bond donors (Lipinski definition) is 4. The van der Waals surface area contributed by atoms with E-state index < -0.39 is 24.3 Å². The van der Waals surface area contributed by atoms with Crippen molar-refractivity contribution in [3.8, 4) is 11.5 Å². The summed E-state index contributed by atoms with van der Waals surface area (Å²) in [7, 11) is 0. The third-order valence-electron chi connectivity index (χ3n) is 6.45. The first-order chi connectivity index (χ1) is 20.4. The zero-order valence-corrected chi connectivity index (χ0v) is 22.4. The predicted molar refractivity (Wildman–Crippen MR) is 156 cm³/mol. The summed E-state index contributed by atoms with van der Waals surface area (Å²) in [5.74, 6) is 0.106. The van der Waals surface area contributed by atoms with Crippen molar-refractivity contribution < 1.29 is 28.7 Å². The van der Waals surface area contributed by atoms with Crippen LogP contribution in [0, 0.1) is 0 Å². The van der Waals surface area contributed by atoms with E-state index in [4.69, 9.17) is 9.47 Å². The second-order valence-corrected chi connectivity index (χ2v) is 9.58. The zero-order chi connectivity index (χ0) is 29.3. The van der Waals surface area contributed by atoms with Crippen LogP contribution in [0.5, 0.6) is 11.5 Å². The third kappa shape index (κ3) is 7.72. The highest BCUT2D eigenvalue weighted by atomic mass is 16.6. The second kappa shape index (κ2) is 13.1. The van der Waals surface area contributed by atoms with Gasteiger partial charge in [-0.25, -0.2) is 9.59 Å². The minimum Gasteiger partial charge on any atom is -0.410 e. The number of carbonyl (C=O) groups excluding carboxylic acids is 4. The van der Waals surface area contributed by atoms with E-state index in [0.717, 1.165) is 11.1 Å². The number of nitrogens with one attached hydrogen (secondary N) is 4. The molecule has 0 bridgehead atoms. The Bertz CT molecular complexity index is 1420. The van der Waals surface area contributed by atoms with Crippen LogP contribution in [0.2, 0.25) is 0 Å². The smallest absolute Gasteiger partial charge is 0.410 e. The summed E-state index contributed by atoms with van der Waals surface area (Å²) < 4.78 is 10.6. The molecule has 1 saturated heterocycles. The van der Waals surface area contributed by atoms with Crippen molar-refractivity contribution in [3.05, 3.63) is 120 Å². The van der Waals surface area contributed by atoms with Crippen molar-refractivity contribution in [1.82, 2.24) is 10.6 Å². The summed E-state index contributed by atoms with van der Waals surface area (Å²) in [4.78, 5) is 49.8. The SMILES string of the molecule is O=C(Nc1ccccc1)Oc1ccc(C[C@@H]2NC(=O)[C@H](Cc3ccc(OC(=O)Nc4ccccc4)cc3)NC2=O)cc1. The van der Waals surface area contributed by atoms with Crippen LogP contribution < -0.4 is 30.7 Å². The number of carbonyl (C=O) groups is 4. The molecule has 42 heavy (non-hydrogen) atoms. The lowest BCUT2D eigenvalue weighted by Gasteiger charge is -2.29. The number of ether oxygens (including phenoxy) is 2. The standard InChI is InChI=1S/C32H28N4O6/c37-29-27(19-21-11-15-25(16-12-21)41-31(39)33-23-7-3-1-4-8-23)35-30(38)28(36-29)20-22-13-17-26(18-14-22)42-32(40)34-24-9-5-2-6-10-24/h1-18,27-28H,19-20H2,(H,33,39)(H,34,40)(H,35,38)(H,36,37)/t27-,28-/m0/s1. The molecular formula is C32H28N4O6.